The zero-order valence-electron chi connectivity index (χ0n) is 27.0. The highest BCUT2D eigenvalue weighted by molar-refractivity contribution is 7.07. The van der Waals surface area contributed by atoms with Crippen molar-refractivity contribution in [2.75, 3.05) is 6.54 Å². The lowest BCUT2D eigenvalue weighted by Crippen LogP contribution is -2.48. The van der Waals surface area contributed by atoms with E-state index in [2.05, 4.69) is 36.2 Å². The Bertz CT molecular complexity index is 1820. The maximum Gasteiger partial charge on any atom is 0.276 e. The van der Waals surface area contributed by atoms with Crippen LogP contribution in [0.4, 0.5) is 0 Å². The fraction of sp³-hybridized carbons (Fsp3) is 0.394. The smallest absolute Gasteiger partial charge is 0.276 e. The number of hydrogen-bond acceptors (Lipinski definition) is 11. The maximum atomic E-state index is 14.1. The molecule has 0 radical (unpaired) electrons. The van der Waals surface area contributed by atoms with Gasteiger partial charge in [0.2, 0.25) is 23.6 Å². The number of carbonyl (C=O) groups is 5. The molecule has 1 fully saturated rings. The molecule has 256 valence electrons. The normalized spacial score (nSPS) is 23.3. The van der Waals surface area contributed by atoms with Crippen molar-refractivity contribution in [1.29, 1.82) is 0 Å². The van der Waals surface area contributed by atoms with Gasteiger partial charge in [-0.3, -0.25) is 24.0 Å². The van der Waals surface area contributed by atoms with Crippen molar-refractivity contribution in [3.63, 3.8) is 0 Å². The standard InChI is InChI=1S/C33H36N8O7S/c1-17(2)9-21-27(42)35-18(3)31-40-24(14-47-31)33(46)41-12-20(36-29(44)25-15-49-16-34-25)11-26(41)30(45)38-22(10-19-7-5-4-6-8-19)32-39-23(13-48-32)28(43)37-21/h4-8,13-18,20-22,26H,9-12H2,1-3H3,(H,35,42)(H,36,44)(H,37,43)(H,38,45)/t18-,20+,21-,22+,26+/m1/s1. The highest BCUT2D eigenvalue weighted by Gasteiger charge is 2.43. The predicted molar refractivity (Wildman–Crippen MR) is 174 cm³/mol. The van der Waals surface area contributed by atoms with Crippen LogP contribution in [0.15, 0.2) is 62.6 Å². The topological polar surface area (TPSA) is 202 Å². The second-order valence-electron chi connectivity index (χ2n) is 12.5. The van der Waals surface area contributed by atoms with Crippen LogP contribution >= 0.6 is 11.3 Å². The van der Waals surface area contributed by atoms with Crippen LogP contribution in [0.25, 0.3) is 0 Å². The number of oxazole rings is 2. The van der Waals surface area contributed by atoms with Gasteiger partial charge in [-0.25, -0.2) is 15.0 Å². The van der Waals surface area contributed by atoms with Crippen molar-refractivity contribution in [2.24, 2.45) is 5.92 Å². The van der Waals surface area contributed by atoms with Crippen LogP contribution < -0.4 is 21.3 Å². The Hall–Kier alpha value is -5.38. The quantitative estimate of drug-likeness (QED) is 0.233. The summed E-state index contributed by atoms with van der Waals surface area (Å²) in [6.45, 7) is 5.49. The van der Waals surface area contributed by atoms with Gasteiger partial charge >= 0.3 is 0 Å². The lowest BCUT2D eigenvalue weighted by molar-refractivity contribution is -0.126. The molecule has 5 amide bonds. The van der Waals surface area contributed by atoms with Gasteiger partial charge in [-0.05, 0) is 31.2 Å². The van der Waals surface area contributed by atoms with E-state index >= 15 is 0 Å². The summed E-state index contributed by atoms with van der Waals surface area (Å²) in [4.78, 5) is 81.8. The van der Waals surface area contributed by atoms with Crippen molar-refractivity contribution in [3.8, 4) is 0 Å². The van der Waals surface area contributed by atoms with Crippen LogP contribution in [0.2, 0.25) is 0 Å². The van der Waals surface area contributed by atoms with E-state index in [4.69, 9.17) is 8.83 Å². The van der Waals surface area contributed by atoms with Crippen LogP contribution in [0.1, 0.15) is 94.5 Å². The second kappa shape index (κ2) is 14.4. The number of rotatable bonds is 6. The Kier molecular flexibility index (Phi) is 9.85. The van der Waals surface area contributed by atoms with Crippen LogP contribution in [0, 0.1) is 5.92 Å². The van der Waals surface area contributed by atoms with E-state index in [1.807, 2.05) is 44.2 Å². The first-order valence-electron chi connectivity index (χ1n) is 15.9. The fourth-order valence-electron chi connectivity index (χ4n) is 5.91. The van der Waals surface area contributed by atoms with Crippen LogP contribution in [-0.4, -0.2) is 74.1 Å². The van der Waals surface area contributed by atoms with Gasteiger partial charge in [-0.2, -0.15) is 0 Å². The molecule has 4 N–H and O–H groups in total. The number of amides is 5. The van der Waals surface area contributed by atoms with Crippen molar-refractivity contribution >= 4 is 40.9 Å². The van der Waals surface area contributed by atoms with Gasteiger partial charge in [-0.15, -0.1) is 11.3 Å². The molecule has 0 spiro atoms. The maximum absolute atomic E-state index is 14.1. The van der Waals surface area contributed by atoms with Crippen molar-refractivity contribution in [1.82, 2.24) is 41.1 Å². The number of aromatic nitrogens is 3. The van der Waals surface area contributed by atoms with Crippen LogP contribution in [0.3, 0.4) is 0 Å². The van der Waals surface area contributed by atoms with Gasteiger partial charge in [0.15, 0.2) is 11.4 Å². The van der Waals surface area contributed by atoms with Crippen molar-refractivity contribution in [3.05, 3.63) is 88.2 Å². The molecule has 0 unspecified atom stereocenters. The highest BCUT2D eigenvalue weighted by Crippen LogP contribution is 2.26. The summed E-state index contributed by atoms with van der Waals surface area (Å²) in [5.74, 6) is -2.47. The van der Waals surface area contributed by atoms with Gasteiger partial charge in [0.05, 0.1) is 5.51 Å². The number of benzene rings is 1. The number of hydrogen-bond donors (Lipinski definition) is 4. The average Bonchev–Trinajstić information content (AvgIpc) is 3.90. The Morgan fingerprint density at radius 3 is 2.45 bits per heavy atom. The second-order valence-corrected chi connectivity index (χ2v) is 13.3. The Morgan fingerprint density at radius 2 is 1.71 bits per heavy atom. The molecule has 2 aliphatic heterocycles. The van der Waals surface area contributed by atoms with Crippen molar-refractivity contribution in [2.45, 2.75) is 70.2 Å². The molecule has 15 nitrogen and oxygen atoms in total. The molecule has 3 aromatic heterocycles. The zero-order chi connectivity index (χ0) is 34.7. The molecule has 0 aliphatic carbocycles. The molecule has 16 heteroatoms. The van der Waals surface area contributed by atoms with Gasteiger partial charge in [0.25, 0.3) is 17.7 Å². The molecule has 4 bridgehead atoms. The number of nitrogens with one attached hydrogen (secondary N) is 4. The van der Waals surface area contributed by atoms with E-state index < -0.39 is 59.7 Å². The molecule has 6 rings (SSSR count). The third-order valence-electron chi connectivity index (χ3n) is 8.32. The number of nitrogens with zero attached hydrogens (tertiary/aromatic N) is 4. The van der Waals surface area contributed by atoms with E-state index in [1.54, 1.807) is 12.3 Å². The van der Waals surface area contributed by atoms with Crippen LogP contribution in [0.5, 0.6) is 0 Å². The van der Waals surface area contributed by atoms with Crippen molar-refractivity contribution < 1.29 is 32.8 Å². The molecule has 1 saturated heterocycles. The Morgan fingerprint density at radius 1 is 0.980 bits per heavy atom. The molecule has 0 saturated carbocycles. The fourth-order valence-corrected chi connectivity index (χ4v) is 6.44. The van der Waals surface area contributed by atoms with E-state index in [1.165, 1.54) is 34.3 Å². The number of thiazole rings is 1. The summed E-state index contributed by atoms with van der Waals surface area (Å²) in [7, 11) is 0. The summed E-state index contributed by atoms with van der Waals surface area (Å²) in [5.41, 5.74) is 2.47. The Labute approximate surface area is 285 Å². The number of carbonyl (C=O) groups excluding carboxylic acids is 5. The first-order chi connectivity index (χ1) is 23.5. The minimum Gasteiger partial charge on any atom is -0.446 e. The first-order valence-corrected chi connectivity index (χ1v) is 16.9. The van der Waals surface area contributed by atoms with Gasteiger partial charge in [0.1, 0.15) is 42.4 Å². The predicted octanol–water partition coefficient (Wildman–Crippen LogP) is 2.57. The molecular weight excluding hydrogens is 652 g/mol. The first kappa shape index (κ1) is 33.5. The SMILES string of the molecule is CC(C)C[C@H]1NC(=O)c2coc(n2)[C@H](Cc2ccccc2)NC(=O)[C@@H]2C[C@H](NC(=O)c3cscn3)CN2C(=O)c2coc(n2)[C@@H](C)NC1=O. The zero-order valence-corrected chi connectivity index (χ0v) is 27.9. The van der Waals surface area contributed by atoms with Gasteiger partial charge in [0, 0.05) is 24.4 Å². The average molecular weight is 689 g/mol. The van der Waals surface area contributed by atoms with E-state index in [0.717, 1.165) is 5.56 Å². The Balaban J connectivity index is 1.36. The summed E-state index contributed by atoms with van der Waals surface area (Å²) >= 11 is 1.27. The summed E-state index contributed by atoms with van der Waals surface area (Å²) in [6, 6.07) is 5.17. The largest absolute Gasteiger partial charge is 0.446 e. The molecule has 5 heterocycles. The third kappa shape index (κ3) is 7.69. The molecular formula is C33H36N8O7S. The molecule has 1 aromatic carbocycles. The van der Waals surface area contributed by atoms with Gasteiger partial charge < -0.3 is 35.0 Å². The molecule has 4 aromatic rings. The summed E-state index contributed by atoms with van der Waals surface area (Å²) in [5, 5.41) is 13.0. The minimum atomic E-state index is -1.03. The lowest BCUT2D eigenvalue weighted by Gasteiger charge is -2.25. The van der Waals surface area contributed by atoms with Gasteiger partial charge in [-0.1, -0.05) is 44.2 Å². The lowest BCUT2D eigenvalue weighted by atomic mass is 10.0. The van der Waals surface area contributed by atoms with E-state index in [-0.39, 0.29) is 54.2 Å². The van der Waals surface area contributed by atoms with E-state index in [9.17, 15) is 24.0 Å². The monoisotopic (exact) mass is 688 g/mol. The number of fused-ring (bicyclic) bond motifs is 5. The summed E-state index contributed by atoms with van der Waals surface area (Å²) in [6.07, 6.45) is 3.03. The van der Waals surface area contributed by atoms with Crippen LogP contribution in [-0.2, 0) is 16.0 Å². The third-order valence-corrected chi connectivity index (χ3v) is 8.90. The summed E-state index contributed by atoms with van der Waals surface area (Å²) < 4.78 is 11.4. The molecule has 49 heavy (non-hydrogen) atoms. The highest BCUT2D eigenvalue weighted by atomic mass is 32.1. The van der Waals surface area contributed by atoms with E-state index in [0.29, 0.717) is 6.42 Å². The minimum absolute atomic E-state index is 0.00480. The molecule has 5 atom stereocenters. The molecule has 2 aliphatic rings.